The first-order valence-electron chi connectivity index (χ1n) is 11.2. The number of aromatic nitrogens is 6. The second-order valence-corrected chi connectivity index (χ2v) is 8.88. The summed E-state index contributed by atoms with van der Waals surface area (Å²) in [4.78, 5) is 2.48. The average Bonchev–Trinajstić information content (AvgIpc) is 3.43. The average molecular weight is 430 g/mol. The summed E-state index contributed by atoms with van der Waals surface area (Å²) in [5.41, 5.74) is 7.44. The maximum Gasteiger partial charge on any atom is 0.219 e. The summed E-state index contributed by atoms with van der Waals surface area (Å²) in [6.45, 7) is 4.87. The van der Waals surface area contributed by atoms with E-state index in [1.807, 2.05) is 29.7 Å². The Morgan fingerprint density at radius 3 is 2.97 bits per heavy atom. The van der Waals surface area contributed by atoms with E-state index in [-0.39, 0.29) is 6.10 Å². The second kappa shape index (κ2) is 7.34. The Labute approximate surface area is 186 Å². The maximum atomic E-state index is 6.58. The van der Waals surface area contributed by atoms with Crippen LogP contribution in [0, 0.1) is 6.92 Å². The van der Waals surface area contributed by atoms with Crippen LogP contribution in [0.1, 0.15) is 35.5 Å². The molecule has 1 fully saturated rings. The molecule has 1 saturated heterocycles. The minimum atomic E-state index is 0.129. The van der Waals surface area contributed by atoms with Crippen molar-refractivity contribution < 1.29 is 4.74 Å². The minimum absolute atomic E-state index is 0.129. The highest BCUT2D eigenvalue weighted by atomic mass is 16.5. The largest absolute Gasteiger partial charge is 0.473 e. The van der Waals surface area contributed by atoms with Gasteiger partial charge in [-0.25, -0.2) is 4.68 Å². The first-order chi connectivity index (χ1) is 15.6. The van der Waals surface area contributed by atoms with Gasteiger partial charge in [0.1, 0.15) is 6.10 Å². The predicted molar refractivity (Wildman–Crippen MR) is 124 cm³/mol. The zero-order chi connectivity index (χ0) is 21.8. The third-order valence-electron chi connectivity index (χ3n) is 6.70. The van der Waals surface area contributed by atoms with Gasteiger partial charge < -0.3 is 4.74 Å². The highest BCUT2D eigenvalue weighted by Crippen LogP contribution is 2.34. The van der Waals surface area contributed by atoms with Gasteiger partial charge in [0.25, 0.3) is 0 Å². The molecular formula is C24H27N7O. The fourth-order valence-electron chi connectivity index (χ4n) is 5.00. The van der Waals surface area contributed by atoms with E-state index in [1.165, 1.54) is 11.3 Å². The summed E-state index contributed by atoms with van der Waals surface area (Å²) in [7, 11) is 3.98. The number of H-pyrrole nitrogens is 1. The zero-order valence-electron chi connectivity index (χ0n) is 18.7. The molecule has 0 radical (unpaired) electrons. The van der Waals surface area contributed by atoms with Crippen molar-refractivity contribution in [2.45, 2.75) is 32.4 Å². The van der Waals surface area contributed by atoms with Crippen molar-refractivity contribution in [1.82, 2.24) is 34.7 Å². The van der Waals surface area contributed by atoms with Crippen molar-refractivity contribution in [3.63, 3.8) is 0 Å². The van der Waals surface area contributed by atoms with Gasteiger partial charge in [-0.1, -0.05) is 6.07 Å². The molecule has 5 heterocycles. The molecule has 0 spiro atoms. The number of hydrogen-bond donors (Lipinski definition) is 1. The summed E-state index contributed by atoms with van der Waals surface area (Å²) in [6, 6.07) is 6.35. The lowest BCUT2D eigenvalue weighted by molar-refractivity contribution is 0.0767. The summed E-state index contributed by atoms with van der Waals surface area (Å²) in [6.07, 6.45) is 8.44. The Kier molecular flexibility index (Phi) is 4.43. The molecular weight excluding hydrogens is 402 g/mol. The number of benzene rings is 1. The Balaban J connectivity index is 1.54. The topological polar surface area (TPSA) is 76.8 Å². The van der Waals surface area contributed by atoms with Crippen LogP contribution in [0.15, 0.2) is 24.4 Å². The van der Waals surface area contributed by atoms with Crippen LogP contribution in [0.3, 0.4) is 0 Å². The van der Waals surface area contributed by atoms with E-state index in [1.54, 1.807) is 0 Å². The number of ether oxygens (including phenoxy) is 1. The van der Waals surface area contributed by atoms with Gasteiger partial charge in [0, 0.05) is 38.1 Å². The highest BCUT2D eigenvalue weighted by Gasteiger charge is 2.26. The van der Waals surface area contributed by atoms with Gasteiger partial charge in [-0.15, -0.1) is 0 Å². The lowest BCUT2D eigenvalue weighted by Crippen LogP contribution is -2.41. The first kappa shape index (κ1) is 19.3. The molecule has 1 unspecified atom stereocenters. The van der Waals surface area contributed by atoms with Crippen molar-refractivity contribution in [3.8, 4) is 17.0 Å². The Hall–Kier alpha value is -3.39. The summed E-state index contributed by atoms with van der Waals surface area (Å²) in [5, 5.41) is 18.0. The Bertz CT molecular complexity index is 1340. The molecule has 0 amide bonds. The highest BCUT2D eigenvalue weighted by molar-refractivity contribution is 5.93. The van der Waals surface area contributed by atoms with Crippen molar-refractivity contribution in [2.24, 2.45) is 14.1 Å². The van der Waals surface area contributed by atoms with Crippen LogP contribution in [0.25, 0.3) is 34.2 Å². The smallest absolute Gasteiger partial charge is 0.219 e. The maximum absolute atomic E-state index is 6.58. The first-order valence-corrected chi connectivity index (χ1v) is 11.2. The molecule has 8 nitrogen and oxygen atoms in total. The molecule has 0 saturated carbocycles. The van der Waals surface area contributed by atoms with E-state index in [4.69, 9.17) is 9.84 Å². The van der Waals surface area contributed by atoms with Crippen LogP contribution < -0.4 is 4.74 Å². The van der Waals surface area contributed by atoms with Crippen molar-refractivity contribution in [2.75, 3.05) is 13.1 Å². The molecule has 4 bridgehead atoms. The van der Waals surface area contributed by atoms with E-state index < -0.39 is 0 Å². The van der Waals surface area contributed by atoms with E-state index in [2.05, 4.69) is 57.5 Å². The van der Waals surface area contributed by atoms with E-state index in [0.717, 1.165) is 71.8 Å². The molecule has 2 aliphatic heterocycles. The number of piperidine rings is 1. The number of rotatable bonds is 0. The molecule has 6 rings (SSSR count). The monoisotopic (exact) mass is 429 g/mol. The second-order valence-electron chi connectivity index (χ2n) is 8.88. The molecule has 4 aromatic rings. The lowest BCUT2D eigenvalue weighted by atomic mass is 10.0. The minimum Gasteiger partial charge on any atom is -0.473 e. The molecule has 2 aliphatic rings. The SMILES string of the molecule is Cc1nn(C)c2c1/C=C/c1n[nH]c3ccc(cc13)-c1cnn(C)c1O[C@H]1CCCN(C2)C1. The zero-order valence-corrected chi connectivity index (χ0v) is 18.7. The quantitative estimate of drug-likeness (QED) is 0.463. The lowest BCUT2D eigenvalue weighted by Gasteiger charge is -2.33. The molecule has 164 valence electrons. The van der Waals surface area contributed by atoms with Crippen molar-refractivity contribution in [3.05, 3.63) is 47.0 Å². The third-order valence-corrected chi connectivity index (χ3v) is 6.70. The van der Waals surface area contributed by atoms with E-state index >= 15 is 0 Å². The molecule has 1 aromatic carbocycles. The predicted octanol–water partition coefficient (Wildman–Crippen LogP) is 3.53. The van der Waals surface area contributed by atoms with E-state index in [0.29, 0.717) is 0 Å². The number of aryl methyl sites for hydroxylation is 3. The van der Waals surface area contributed by atoms with Crippen LogP contribution in [0.5, 0.6) is 5.88 Å². The van der Waals surface area contributed by atoms with Crippen LogP contribution >= 0.6 is 0 Å². The van der Waals surface area contributed by atoms with Gasteiger partial charge in [-0.2, -0.15) is 15.3 Å². The fraction of sp³-hybridized carbons (Fsp3) is 0.375. The third kappa shape index (κ3) is 3.14. The van der Waals surface area contributed by atoms with Crippen molar-refractivity contribution in [1.29, 1.82) is 0 Å². The molecule has 0 aliphatic carbocycles. The van der Waals surface area contributed by atoms with E-state index in [9.17, 15) is 0 Å². The van der Waals surface area contributed by atoms with Gasteiger partial charge >= 0.3 is 0 Å². The van der Waals surface area contributed by atoms with Crippen LogP contribution in [0.4, 0.5) is 0 Å². The molecule has 8 heteroatoms. The number of nitrogens with zero attached hydrogens (tertiary/aromatic N) is 6. The van der Waals surface area contributed by atoms with Gasteiger partial charge in [0.15, 0.2) is 0 Å². The van der Waals surface area contributed by atoms with Gasteiger partial charge in [0.2, 0.25) is 5.88 Å². The van der Waals surface area contributed by atoms with Crippen molar-refractivity contribution >= 4 is 23.1 Å². The summed E-state index contributed by atoms with van der Waals surface area (Å²) >= 11 is 0. The molecule has 1 N–H and O–H groups in total. The Morgan fingerprint density at radius 1 is 1.16 bits per heavy atom. The standard InChI is InChI=1S/C24H27N7O/c1-15-18-7-9-22-19-11-16(6-8-21(19)26-27-22)20-12-25-30(3)24(20)32-17-5-4-10-31(13-17)14-23(18)29(2)28-15/h6-9,11-12,17H,4-5,10,13-14H2,1-3H3,(H,26,27)/b9-7+/t17-/m0/s1. The normalized spacial score (nSPS) is 21.5. The molecule has 2 atom stereocenters. The summed E-state index contributed by atoms with van der Waals surface area (Å²) in [5.74, 6) is 0.823. The van der Waals surface area contributed by atoms with Crippen LogP contribution in [0.2, 0.25) is 0 Å². The van der Waals surface area contributed by atoms with Gasteiger partial charge in [0.05, 0.1) is 34.4 Å². The number of fused-ring (bicyclic) bond motifs is 6. The van der Waals surface area contributed by atoms with Crippen LogP contribution in [-0.2, 0) is 20.6 Å². The summed E-state index contributed by atoms with van der Waals surface area (Å²) < 4.78 is 10.4. The molecule has 3 aromatic heterocycles. The van der Waals surface area contributed by atoms with Crippen LogP contribution in [-0.4, -0.2) is 53.9 Å². The molecule has 32 heavy (non-hydrogen) atoms. The Morgan fingerprint density at radius 2 is 2.06 bits per heavy atom. The number of aromatic amines is 1. The van der Waals surface area contributed by atoms with Gasteiger partial charge in [-0.3, -0.25) is 14.7 Å². The fourth-order valence-corrected chi connectivity index (χ4v) is 5.00. The number of hydrogen-bond acceptors (Lipinski definition) is 5. The number of nitrogens with one attached hydrogen (secondary N) is 1. The van der Waals surface area contributed by atoms with Gasteiger partial charge in [-0.05, 0) is 56.2 Å².